The number of hydrogen-bond acceptors (Lipinski definition) is 1. The minimum atomic E-state index is 1.11. The van der Waals surface area contributed by atoms with Gasteiger partial charge in [-0.05, 0) is 32.6 Å². The van der Waals surface area contributed by atoms with E-state index in [1.54, 1.807) is 0 Å². The van der Waals surface area contributed by atoms with Crippen LogP contribution in [0.2, 0.25) is 0 Å². The van der Waals surface area contributed by atoms with Crippen LogP contribution in [0.3, 0.4) is 0 Å². The van der Waals surface area contributed by atoms with Crippen molar-refractivity contribution in [2.24, 2.45) is 0 Å². The van der Waals surface area contributed by atoms with Crippen LogP contribution in [0.1, 0.15) is 33.1 Å². The molecule has 1 nitrogen and oxygen atoms in total. The fourth-order valence-electron chi connectivity index (χ4n) is 1.34. The summed E-state index contributed by atoms with van der Waals surface area (Å²) in [5.74, 6) is 0. The zero-order chi connectivity index (χ0) is 8.53. The summed E-state index contributed by atoms with van der Waals surface area (Å²) in [5.41, 5.74) is 0. The van der Waals surface area contributed by atoms with Crippen LogP contribution in [-0.4, -0.2) is 30.9 Å². The summed E-state index contributed by atoms with van der Waals surface area (Å²) < 4.78 is 0. The van der Waals surface area contributed by atoms with Crippen LogP contribution >= 0.6 is 8.58 Å². The Morgan fingerprint density at radius 2 is 1.64 bits per heavy atom. The second-order valence-corrected chi connectivity index (χ2v) is 3.71. The van der Waals surface area contributed by atoms with E-state index >= 15 is 0 Å². The highest BCUT2D eigenvalue weighted by atomic mass is 31.1. The van der Waals surface area contributed by atoms with Crippen molar-refractivity contribution in [3.8, 4) is 0 Å². The van der Waals surface area contributed by atoms with Crippen molar-refractivity contribution >= 4 is 8.58 Å². The van der Waals surface area contributed by atoms with Crippen molar-refractivity contribution in [2.75, 3.05) is 26.0 Å². The topological polar surface area (TPSA) is 3.24 Å². The van der Waals surface area contributed by atoms with Gasteiger partial charge in [-0.15, -0.1) is 8.58 Å². The molecule has 0 aromatic carbocycles. The summed E-state index contributed by atoms with van der Waals surface area (Å²) >= 11 is 0. The highest BCUT2D eigenvalue weighted by molar-refractivity contribution is 7.36. The molecule has 0 aromatic heterocycles. The average molecular weight is 175 g/mol. The molecule has 1 aliphatic heterocycles. The van der Waals surface area contributed by atoms with E-state index in [1.807, 2.05) is 13.8 Å². The molecule has 0 aliphatic carbocycles. The van der Waals surface area contributed by atoms with E-state index in [4.69, 9.17) is 0 Å². The summed E-state index contributed by atoms with van der Waals surface area (Å²) in [6.45, 7) is 9.01. The third kappa shape index (κ3) is 5.64. The van der Waals surface area contributed by atoms with Crippen molar-refractivity contribution in [1.29, 1.82) is 0 Å². The van der Waals surface area contributed by atoms with E-state index < -0.39 is 0 Å². The number of piperidine rings is 1. The quantitative estimate of drug-likeness (QED) is 0.583. The molecule has 1 saturated heterocycles. The summed E-state index contributed by atoms with van der Waals surface area (Å²) in [6.07, 6.45) is 5.68. The maximum Gasteiger partial charge on any atom is 0.0152 e. The largest absolute Gasteiger partial charge is 0.300 e. The molecular formula is C9H22NP. The molecule has 11 heavy (non-hydrogen) atoms. The molecule has 0 aromatic rings. The monoisotopic (exact) mass is 175 g/mol. The van der Waals surface area contributed by atoms with Gasteiger partial charge in [-0.3, -0.25) is 4.90 Å². The first kappa shape index (κ1) is 11.4. The van der Waals surface area contributed by atoms with Gasteiger partial charge in [-0.1, -0.05) is 20.3 Å². The van der Waals surface area contributed by atoms with Gasteiger partial charge in [0.25, 0.3) is 0 Å². The molecule has 2 heteroatoms. The molecule has 1 unspecified atom stereocenters. The Balaban J connectivity index is 0.000000461. The second kappa shape index (κ2) is 8.49. The fourth-order valence-corrected chi connectivity index (χ4v) is 2.10. The first-order valence-corrected chi connectivity index (χ1v) is 6.51. The summed E-state index contributed by atoms with van der Waals surface area (Å²) in [4.78, 5) is 2.59. The lowest BCUT2D eigenvalue weighted by atomic mass is 10.1. The van der Waals surface area contributed by atoms with Crippen LogP contribution in [0.4, 0.5) is 0 Å². The molecule has 1 atom stereocenters. The van der Waals surface area contributed by atoms with Crippen LogP contribution in [0.25, 0.3) is 0 Å². The van der Waals surface area contributed by atoms with Gasteiger partial charge in [0.05, 0.1) is 0 Å². The van der Waals surface area contributed by atoms with E-state index in [-0.39, 0.29) is 0 Å². The molecule has 0 amide bonds. The van der Waals surface area contributed by atoms with Crippen LogP contribution in [0.5, 0.6) is 0 Å². The van der Waals surface area contributed by atoms with E-state index in [0.717, 1.165) is 8.58 Å². The number of likely N-dealkylation sites (tertiary alicyclic amines) is 1. The lowest BCUT2D eigenvalue weighted by Crippen LogP contribution is -2.28. The lowest BCUT2D eigenvalue weighted by Gasteiger charge is -2.25. The van der Waals surface area contributed by atoms with Crippen molar-refractivity contribution in [3.63, 3.8) is 0 Å². The molecule has 0 bridgehead atoms. The van der Waals surface area contributed by atoms with Gasteiger partial charge in [0.1, 0.15) is 0 Å². The van der Waals surface area contributed by atoms with Gasteiger partial charge >= 0.3 is 0 Å². The third-order valence-corrected chi connectivity index (χ3v) is 2.59. The zero-order valence-electron chi connectivity index (χ0n) is 8.19. The molecule has 0 N–H and O–H groups in total. The van der Waals surface area contributed by atoms with Gasteiger partial charge < -0.3 is 0 Å². The molecule has 0 saturated carbocycles. The van der Waals surface area contributed by atoms with Gasteiger partial charge in [-0.2, -0.15) is 0 Å². The summed E-state index contributed by atoms with van der Waals surface area (Å²) in [7, 11) is 1.11. The van der Waals surface area contributed by atoms with Crippen LogP contribution in [-0.2, 0) is 0 Å². The maximum absolute atomic E-state index is 2.59. The number of nitrogens with zero attached hydrogens (tertiary/aromatic N) is 1. The van der Waals surface area contributed by atoms with E-state index in [0.29, 0.717) is 0 Å². The molecule has 1 aliphatic rings. The molecule has 0 spiro atoms. The molecule has 1 heterocycles. The van der Waals surface area contributed by atoms with Gasteiger partial charge in [0.15, 0.2) is 0 Å². The second-order valence-electron chi connectivity index (χ2n) is 2.69. The summed E-state index contributed by atoms with van der Waals surface area (Å²) in [5, 5.41) is 0. The normalized spacial score (nSPS) is 19.9. The molecule has 1 fully saturated rings. The lowest BCUT2D eigenvalue weighted by molar-refractivity contribution is 0.265. The third-order valence-electron chi connectivity index (χ3n) is 1.83. The Kier molecular flexibility index (Phi) is 8.79. The Morgan fingerprint density at radius 1 is 1.09 bits per heavy atom. The van der Waals surface area contributed by atoms with Crippen LogP contribution < -0.4 is 0 Å². The Bertz CT molecular complexity index is 67.2. The van der Waals surface area contributed by atoms with Gasteiger partial charge in [0.2, 0.25) is 0 Å². The summed E-state index contributed by atoms with van der Waals surface area (Å²) in [6, 6.07) is 0. The SMILES string of the molecule is CC.CPCN1CCCCC1. The highest BCUT2D eigenvalue weighted by Crippen LogP contribution is 2.13. The van der Waals surface area contributed by atoms with Crippen LogP contribution in [0, 0.1) is 0 Å². The van der Waals surface area contributed by atoms with Crippen molar-refractivity contribution < 1.29 is 0 Å². The smallest absolute Gasteiger partial charge is 0.0152 e. The van der Waals surface area contributed by atoms with E-state index in [1.165, 1.54) is 38.6 Å². The molecular weight excluding hydrogens is 153 g/mol. The molecule has 1 rings (SSSR count). The molecule has 68 valence electrons. The maximum atomic E-state index is 2.59. The van der Waals surface area contributed by atoms with E-state index in [2.05, 4.69) is 11.6 Å². The van der Waals surface area contributed by atoms with E-state index in [9.17, 15) is 0 Å². The Morgan fingerprint density at radius 3 is 2.09 bits per heavy atom. The Hall–Kier alpha value is 0.390. The fraction of sp³-hybridized carbons (Fsp3) is 1.00. The zero-order valence-corrected chi connectivity index (χ0v) is 9.19. The minimum absolute atomic E-state index is 1.11. The molecule has 0 radical (unpaired) electrons. The predicted octanol–water partition coefficient (Wildman–Crippen LogP) is 2.76. The minimum Gasteiger partial charge on any atom is -0.300 e. The highest BCUT2D eigenvalue weighted by Gasteiger charge is 2.07. The first-order chi connectivity index (χ1) is 5.43. The van der Waals surface area contributed by atoms with Crippen molar-refractivity contribution in [2.45, 2.75) is 33.1 Å². The van der Waals surface area contributed by atoms with Gasteiger partial charge in [0, 0.05) is 6.29 Å². The van der Waals surface area contributed by atoms with Crippen LogP contribution in [0.15, 0.2) is 0 Å². The number of rotatable bonds is 2. The Labute approximate surface area is 73.3 Å². The first-order valence-electron chi connectivity index (χ1n) is 4.80. The average Bonchev–Trinajstić information content (AvgIpc) is 2.11. The standard InChI is InChI=1S/C7H16NP.C2H6/c1-9-7-8-5-3-2-4-6-8;1-2/h9H,2-7H2,1H3;1-2H3. The number of hydrogen-bond donors (Lipinski definition) is 0. The predicted molar refractivity (Wildman–Crippen MR) is 55.9 cm³/mol. The van der Waals surface area contributed by atoms with Gasteiger partial charge in [-0.25, -0.2) is 0 Å². The van der Waals surface area contributed by atoms with Crippen molar-refractivity contribution in [3.05, 3.63) is 0 Å². The van der Waals surface area contributed by atoms with Crippen molar-refractivity contribution in [1.82, 2.24) is 4.90 Å².